The molecule has 0 spiro atoms. The van der Waals surface area contributed by atoms with Crippen LogP contribution in [-0.4, -0.2) is 38.1 Å². The molecule has 2 aliphatic rings. The lowest BCUT2D eigenvalue weighted by Crippen LogP contribution is -2.23. The van der Waals surface area contributed by atoms with Gasteiger partial charge in [-0.05, 0) is 17.7 Å². The maximum absolute atomic E-state index is 12.4. The molecule has 2 aromatic rings. The number of fused-ring (bicyclic) bond motifs is 1. The first-order chi connectivity index (χ1) is 13.2. The monoisotopic (exact) mass is 365 g/mol. The molecule has 0 radical (unpaired) electrons. The number of oxime groups is 1. The molecule has 0 saturated heterocycles. The van der Waals surface area contributed by atoms with Gasteiger partial charge >= 0.3 is 5.97 Å². The maximum atomic E-state index is 12.4. The van der Waals surface area contributed by atoms with E-state index >= 15 is 0 Å². The highest BCUT2D eigenvalue weighted by molar-refractivity contribution is 6.01. The van der Waals surface area contributed by atoms with Crippen LogP contribution in [0.4, 0.5) is 0 Å². The van der Waals surface area contributed by atoms with Crippen LogP contribution in [0.5, 0.6) is 11.5 Å². The Bertz CT molecular complexity index is 904. The molecule has 0 aliphatic carbocycles. The molecule has 2 aliphatic heterocycles. The van der Waals surface area contributed by atoms with E-state index in [2.05, 4.69) is 5.16 Å². The second-order valence-electron chi connectivity index (χ2n) is 6.27. The molecular weight excluding hydrogens is 346 g/mol. The van der Waals surface area contributed by atoms with Gasteiger partial charge in [-0.1, -0.05) is 47.6 Å². The van der Waals surface area contributed by atoms with Crippen molar-refractivity contribution in [3.8, 4) is 11.5 Å². The van der Waals surface area contributed by atoms with E-state index in [0.717, 1.165) is 16.8 Å². The van der Waals surface area contributed by atoms with Gasteiger partial charge in [-0.2, -0.15) is 0 Å². The number of carbonyl (C=O) groups is 1. The summed E-state index contributed by atoms with van der Waals surface area (Å²) in [4.78, 5) is 17.8. The van der Waals surface area contributed by atoms with Gasteiger partial charge in [0.05, 0.1) is 18.4 Å². The number of esters is 1. The smallest absolute Gasteiger partial charge is 0.337 e. The number of nitrogens with zero attached hydrogens (tertiary/aromatic N) is 1. The van der Waals surface area contributed by atoms with Crippen LogP contribution in [0.15, 0.2) is 59.3 Å². The first-order valence-corrected chi connectivity index (χ1v) is 8.70. The zero-order valence-corrected chi connectivity index (χ0v) is 14.9. The quantitative estimate of drug-likeness (QED) is 0.761. The van der Waals surface area contributed by atoms with Crippen molar-refractivity contribution in [1.29, 1.82) is 0 Å². The number of methoxy groups -OCH3 is 1. The topological polar surface area (TPSA) is 66.4 Å². The third kappa shape index (κ3) is 3.65. The van der Waals surface area contributed by atoms with Gasteiger partial charge in [0.25, 0.3) is 0 Å². The minimum atomic E-state index is -0.416. The summed E-state index contributed by atoms with van der Waals surface area (Å²) in [6.07, 6.45) is 2.10. The number of benzene rings is 2. The molecule has 6 heteroatoms. The third-order valence-corrected chi connectivity index (χ3v) is 4.43. The Hall–Kier alpha value is -3.28. The van der Waals surface area contributed by atoms with E-state index in [4.69, 9.17) is 19.0 Å². The van der Waals surface area contributed by atoms with Crippen molar-refractivity contribution in [1.82, 2.24) is 0 Å². The van der Waals surface area contributed by atoms with Gasteiger partial charge in [0, 0.05) is 12.0 Å². The summed E-state index contributed by atoms with van der Waals surface area (Å²) in [5, 5.41) is 4.10. The standard InChI is InChI=1S/C21H19NO5/c1-24-19-9-5-8-15-10-16(12-25-20(15)19)21(23)26-13-17-11-18(22-27-17)14-6-3-2-4-7-14/h2-10,17H,11-13H2,1H3. The summed E-state index contributed by atoms with van der Waals surface area (Å²) >= 11 is 0. The van der Waals surface area contributed by atoms with Crippen LogP contribution < -0.4 is 9.47 Å². The lowest BCUT2D eigenvalue weighted by atomic mass is 10.1. The molecule has 4 rings (SSSR count). The van der Waals surface area contributed by atoms with Gasteiger partial charge in [0.1, 0.15) is 13.2 Å². The fraction of sp³-hybridized carbons (Fsp3) is 0.238. The first kappa shape index (κ1) is 17.1. The van der Waals surface area contributed by atoms with Gasteiger partial charge < -0.3 is 19.0 Å². The van der Waals surface area contributed by atoms with Crippen molar-refractivity contribution < 1.29 is 23.8 Å². The van der Waals surface area contributed by atoms with Crippen LogP contribution in [0.2, 0.25) is 0 Å². The fourth-order valence-corrected chi connectivity index (χ4v) is 3.04. The van der Waals surface area contributed by atoms with E-state index in [1.165, 1.54) is 0 Å². The molecule has 0 fully saturated rings. The summed E-state index contributed by atoms with van der Waals surface area (Å²) in [5.74, 6) is 0.859. The number of hydrogen-bond acceptors (Lipinski definition) is 6. The first-order valence-electron chi connectivity index (χ1n) is 8.70. The average Bonchev–Trinajstić information content (AvgIpc) is 3.21. The van der Waals surface area contributed by atoms with Gasteiger partial charge in [-0.15, -0.1) is 0 Å². The van der Waals surface area contributed by atoms with Crippen LogP contribution >= 0.6 is 0 Å². The molecule has 1 unspecified atom stereocenters. The lowest BCUT2D eigenvalue weighted by Gasteiger charge is -2.19. The number of hydrogen-bond donors (Lipinski definition) is 0. The fourth-order valence-electron chi connectivity index (χ4n) is 3.04. The molecule has 0 bridgehead atoms. The van der Waals surface area contributed by atoms with Crippen molar-refractivity contribution in [3.63, 3.8) is 0 Å². The van der Waals surface area contributed by atoms with Crippen molar-refractivity contribution >= 4 is 17.8 Å². The van der Waals surface area contributed by atoms with Crippen molar-refractivity contribution in [2.45, 2.75) is 12.5 Å². The Morgan fingerprint density at radius 1 is 1.19 bits per heavy atom. The molecule has 0 aromatic heterocycles. The van der Waals surface area contributed by atoms with E-state index < -0.39 is 5.97 Å². The molecule has 27 heavy (non-hydrogen) atoms. The third-order valence-electron chi connectivity index (χ3n) is 4.43. The number of para-hydroxylation sites is 1. The van der Waals surface area contributed by atoms with E-state index in [1.807, 2.05) is 48.5 Å². The van der Waals surface area contributed by atoms with E-state index in [-0.39, 0.29) is 19.3 Å². The summed E-state index contributed by atoms with van der Waals surface area (Å²) < 4.78 is 16.4. The normalized spacial score (nSPS) is 17.7. The van der Waals surface area contributed by atoms with E-state index in [1.54, 1.807) is 13.2 Å². The number of rotatable bonds is 5. The molecule has 0 saturated carbocycles. The minimum Gasteiger partial charge on any atom is -0.493 e. The van der Waals surface area contributed by atoms with Gasteiger partial charge in [0.2, 0.25) is 0 Å². The second kappa shape index (κ2) is 7.53. The highest BCUT2D eigenvalue weighted by atomic mass is 16.7. The average molecular weight is 365 g/mol. The van der Waals surface area contributed by atoms with Gasteiger partial charge in [-0.3, -0.25) is 0 Å². The van der Waals surface area contributed by atoms with Crippen LogP contribution in [0, 0.1) is 0 Å². The molecule has 2 aromatic carbocycles. The summed E-state index contributed by atoms with van der Waals surface area (Å²) in [6, 6.07) is 15.3. The molecular formula is C21H19NO5. The Labute approximate surface area is 157 Å². The van der Waals surface area contributed by atoms with E-state index in [9.17, 15) is 4.79 Å². The van der Waals surface area contributed by atoms with Crippen LogP contribution in [0.3, 0.4) is 0 Å². The van der Waals surface area contributed by atoms with Gasteiger partial charge in [-0.25, -0.2) is 4.79 Å². The highest BCUT2D eigenvalue weighted by Crippen LogP contribution is 2.35. The maximum Gasteiger partial charge on any atom is 0.337 e. The molecule has 0 N–H and O–H groups in total. The zero-order valence-electron chi connectivity index (χ0n) is 14.9. The lowest BCUT2D eigenvalue weighted by molar-refractivity contribution is -0.143. The molecule has 6 nitrogen and oxygen atoms in total. The van der Waals surface area contributed by atoms with E-state index in [0.29, 0.717) is 23.5 Å². The second-order valence-corrected chi connectivity index (χ2v) is 6.27. The van der Waals surface area contributed by atoms with Crippen molar-refractivity contribution in [2.24, 2.45) is 5.16 Å². The minimum absolute atomic E-state index is 0.140. The Morgan fingerprint density at radius 2 is 2.04 bits per heavy atom. The summed E-state index contributed by atoms with van der Waals surface area (Å²) in [7, 11) is 1.58. The Balaban J connectivity index is 1.35. The predicted octanol–water partition coefficient (Wildman–Crippen LogP) is 3.21. The number of carbonyl (C=O) groups excluding carboxylic acids is 1. The van der Waals surface area contributed by atoms with Crippen LogP contribution in [0.1, 0.15) is 17.5 Å². The molecule has 138 valence electrons. The summed E-state index contributed by atoms with van der Waals surface area (Å²) in [6.45, 7) is 0.282. The van der Waals surface area contributed by atoms with Crippen LogP contribution in [0.25, 0.3) is 6.08 Å². The molecule has 1 atom stereocenters. The molecule has 0 amide bonds. The van der Waals surface area contributed by atoms with Crippen molar-refractivity contribution in [2.75, 3.05) is 20.3 Å². The highest BCUT2D eigenvalue weighted by Gasteiger charge is 2.26. The SMILES string of the molecule is COc1cccc2c1OCC(C(=O)OCC1CC(c3ccccc3)=NO1)=C2. The molecule has 2 heterocycles. The summed E-state index contributed by atoms with van der Waals surface area (Å²) in [5.41, 5.74) is 3.12. The van der Waals surface area contributed by atoms with Crippen LogP contribution in [-0.2, 0) is 14.4 Å². The zero-order chi connectivity index (χ0) is 18.6. The van der Waals surface area contributed by atoms with Crippen molar-refractivity contribution in [3.05, 3.63) is 65.2 Å². The Kier molecular flexibility index (Phi) is 4.78. The Morgan fingerprint density at radius 3 is 2.85 bits per heavy atom. The number of ether oxygens (including phenoxy) is 3. The predicted molar refractivity (Wildman–Crippen MR) is 99.9 cm³/mol. The largest absolute Gasteiger partial charge is 0.493 e. The van der Waals surface area contributed by atoms with Gasteiger partial charge in [0.15, 0.2) is 17.6 Å².